The number of nitrogen functional groups attached to an aromatic ring is 1. The third-order valence-electron chi connectivity index (χ3n) is 1.42. The first-order valence-corrected chi connectivity index (χ1v) is 4.05. The van der Waals surface area contributed by atoms with Gasteiger partial charge in [0.15, 0.2) is 5.82 Å². The van der Waals surface area contributed by atoms with Gasteiger partial charge >= 0.3 is 0 Å². The molecular formula is C7H14N4O2. The van der Waals surface area contributed by atoms with Gasteiger partial charge in [-0.3, -0.25) is 0 Å². The minimum atomic E-state index is 0.428. The number of nitrogens with two attached hydrogens (primary N) is 1. The lowest BCUT2D eigenvalue weighted by Crippen LogP contribution is -2.11. The molecule has 0 fully saturated rings. The molecule has 1 aromatic heterocycles. The second-order valence-corrected chi connectivity index (χ2v) is 2.47. The van der Waals surface area contributed by atoms with Crippen LogP contribution in [0.25, 0.3) is 0 Å². The average Bonchev–Trinajstić information content (AvgIpc) is 2.51. The van der Waals surface area contributed by atoms with Gasteiger partial charge in [-0.25, -0.2) is 0 Å². The molecule has 1 aromatic rings. The van der Waals surface area contributed by atoms with Crippen molar-refractivity contribution in [2.24, 2.45) is 0 Å². The van der Waals surface area contributed by atoms with Crippen LogP contribution in [0.15, 0.2) is 6.20 Å². The molecule has 0 saturated heterocycles. The summed E-state index contributed by atoms with van der Waals surface area (Å²) in [6, 6.07) is 0. The Morgan fingerprint density at radius 3 is 2.92 bits per heavy atom. The van der Waals surface area contributed by atoms with Gasteiger partial charge in [0, 0.05) is 7.11 Å². The molecule has 0 amide bonds. The number of nitrogens with zero attached hydrogens (tertiary/aromatic N) is 3. The molecule has 0 unspecified atom stereocenters. The summed E-state index contributed by atoms with van der Waals surface area (Å²) in [6.45, 7) is 2.38. The molecular weight excluding hydrogens is 172 g/mol. The summed E-state index contributed by atoms with van der Waals surface area (Å²) in [4.78, 5) is 1.50. The van der Waals surface area contributed by atoms with Crippen LogP contribution in [-0.4, -0.2) is 41.9 Å². The lowest BCUT2D eigenvalue weighted by Gasteiger charge is -2.02. The molecule has 0 aliphatic carbocycles. The molecule has 6 heteroatoms. The maximum Gasteiger partial charge on any atom is 0.165 e. The van der Waals surface area contributed by atoms with E-state index < -0.39 is 0 Å². The fourth-order valence-electron chi connectivity index (χ4n) is 0.809. The zero-order valence-electron chi connectivity index (χ0n) is 7.64. The maximum absolute atomic E-state index is 5.38. The standard InChI is InChI=1S/C7H14N4O2/c1-12-4-5-13-3-2-11-9-6-7(8)10-11/h6H,2-5H2,1H3,(H2,8,10). The molecule has 0 aliphatic heterocycles. The second-order valence-electron chi connectivity index (χ2n) is 2.47. The summed E-state index contributed by atoms with van der Waals surface area (Å²) in [6.07, 6.45) is 1.51. The van der Waals surface area contributed by atoms with Crippen molar-refractivity contribution in [2.45, 2.75) is 6.54 Å². The van der Waals surface area contributed by atoms with Crippen LogP contribution in [0.5, 0.6) is 0 Å². The highest BCUT2D eigenvalue weighted by Gasteiger charge is 1.95. The maximum atomic E-state index is 5.38. The van der Waals surface area contributed by atoms with E-state index in [1.54, 1.807) is 7.11 Å². The predicted molar refractivity (Wildman–Crippen MR) is 47.1 cm³/mol. The molecule has 0 saturated carbocycles. The van der Waals surface area contributed by atoms with Crippen molar-refractivity contribution in [3.8, 4) is 0 Å². The Hall–Kier alpha value is -1.14. The fraction of sp³-hybridized carbons (Fsp3) is 0.714. The monoisotopic (exact) mass is 186 g/mol. The first-order valence-electron chi connectivity index (χ1n) is 4.05. The normalized spacial score (nSPS) is 10.5. The molecule has 0 aromatic carbocycles. The average molecular weight is 186 g/mol. The van der Waals surface area contributed by atoms with E-state index in [0.29, 0.717) is 32.2 Å². The lowest BCUT2D eigenvalue weighted by molar-refractivity contribution is 0.0639. The summed E-state index contributed by atoms with van der Waals surface area (Å²) in [5.74, 6) is 0.428. The third kappa shape index (κ3) is 3.86. The SMILES string of the molecule is COCCOCCn1ncc(N)n1. The van der Waals surface area contributed by atoms with E-state index in [4.69, 9.17) is 15.2 Å². The summed E-state index contributed by atoms with van der Waals surface area (Å²) in [5, 5.41) is 7.80. The van der Waals surface area contributed by atoms with Gasteiger partial charge in [0.1, 0.15) is 0 Å². The first-order chi connectivity index (χ1) is 6.33. The Balaban J connectivity index is 2.06. The van der Waals surface area contributed by atoms with Crippen LogP contribution in [0.3, 0.4) is 0 Å². The highest BCUT2D eigenvalue weighted by Crippen LogP contribution is 1.90. The molecule has 0 atom stereocenters. The Morgan fingerprint density at radius 2 is 2.31 bits per heavy atom. The van der Waals surface area contributed by atoms with Crippen molar-refractivity contribution in [2.75, 3.05) is 32.7 Å². The van der Waals surface area contributed by atoms with Crippen LogP contribution in [-0.2, 0) is 16.0 Å². The molecule has 13 heavy (non-hydrogen) atoms. The number of methoxy groups -OCH3 is 1. The van der Waals surface area contributed by atoms with Crippen LogP contribution in [0.2, 0.25) is 0 Å². The van der Waals surface area contributed by atoms with Crippen LogP contribution >= 0.6 is 0 Å². The second kappa shape index (κ2) is 5.50. The van der Waals surface area contributed by atoms with Gasteiger partial charge in [-0.15, -0.1) is 5.10 Å². The Kier molecular flexibility index (Phi) is 4.20. The van der Waals surface area contributed by atoms with Crippen molar-refractivity contribution in [3.05, 3.63) is 6.20 Å². The number of anilines is 1. The molecule has 1 heterocycles. The number of hydrogen-bond acceptors (Lipinski definition) is 5. The lowest BCUT2D eigenvalue weighted by atomic mass is 10.7. The fourth-order valence-corrected chi connectivity index (χ4v) is 0.809. The van der Waals surface area contributed by atoms with E-state index >= 15 is 0 Å². The van der Waals surface area contributed by atoms with Gasteiger partial charge in [0.25, 0.3) is 0 Å². The van der Waals surface area contributed by atoms with E-state index in [1.807, 2.05) is 0 Å². The molecule has 0 aliphatic rings. The van der Waals surface area contributed by atoms with E-state index in [9.17, 15) is 0 Å². The smallest absolute Gasteiger partial charge is 0.165 e. The zero-order valence-corrected chi connectivity index (χ0v) is 7.64. The molecule has 6 nitrogen and oxygen atoms in total. The Labute approximate surface area is 76.6 Å². The van der Waals surface area contributed by atoms with E-state index in [-0.39, 0.29) is 0 Å². The van der Waals surface area contributed by atoms with Gasteiger partial charge < -0.3 is 15.2 Å². The van der Waals surface area contributed by atoms with Crippen molar-refractivity contribution in [1.82, 2.24) is 15.0 Å². The zero-order chi connectivity index (χ0) is 9.52. The molecule has 2 N–H and O–H groups in total. The molecule has 0 spiro atoms. The summed E-state index contributed by atoms with van der Waals surface area (Å²) in [7, 11) is 1.64. The van der Waals surface area contributed by atoms with Gasteiger partial charge in [0.05, 0.1) is 32.6 Å². The van der Waals surface area contributed by atoms with Gasteiger partial charge in [0.2, 0.25) is 0 Å². The number of rotatable bonds is 6. The predicted octanol–water partition coefficient (Wildman–Crippen LogP) is -0.477. The Bertz CT molecular complexity index is 238. The van der Waals surface area contributed by atoms with Crippen LogP contribution in [0.1, 0.15) is 0 Å². The summed E-state index contributed by atoms with van der Waals surface area (Å²) < 4.78 is 10.0. The van der Waals surface area contributed by atoms with Crippen molar-refractivity contribution in [1.29, 1.82) is 0 Å². The van der Waals surface area contributed by atoms with Crippen LogP contribution in [0, 0.1) is 0 Å². The largest absolute Gasteiger partial charge is 0.382 e. The van der Waals surface area contributed by atoms with E-state index in [2.05, 4.69) is 10.2 Å². The number of hydrogen-bond donors (Lipinski definition) is 1. The van der Waals surface area contributed by atoms with Crippen molar-refractivity contribution in [3.63, 3.8) is 0 Å². The Morgan fingerprint density at radius 1 is 1.46 bits per heavy atom. The molecule has 0 bridgehead atoms. The third-order valence-corrected chi connectivity index (χ3v) is 1.42. The minimum absolute atomic E-state index is 0.428. The van der Waals surface area contributed by atoms with Gasteiger partial charge in [-0.1, -0.05) is 0 Å². The highest BCUT2D eigenvalue weighted by molar-refractivity contribution is 5.19. The van der Waals surface area contributed by atoms with Crippen LogP contribution < -0.4 is 5.73 Å². The summed E-state index contributed by atoms with van der Waals surface area (Å²) >= 11 is 0. The quantitative estimate of drug-likeness (QED) is 0.607. The van der Waals surface area contributed by atoms with Gasteiger partial charge in [-0.05, 0) is 0 Å². The molecule has 1 rings (SSSR count). The molecule has 74 valence electrons. The topological polar surface area (TPSA) is 75.2 Å². The van der Waals surface area contributed by atoms with Gasteiger partial charge in [-0.2, -0.15) is 9.90 Å². The summed E-state index contributed by atoms with van der Waals surface area (Å²) in [5.41, 5.74) is 5.38. The minimum Gasteiger partial charge on any atom is -0.382 e. The highest BCUT2D eigenvalue weighted by atomic mass is 16.5. The van der Waals surface area contributed by atoms with Crippen LogP contribution in [0.4, 0.5) is 5.82 Å². The number of ether oxygens (including phenoxy) is 2. The van der Waals surface area contributed by atoms with E-state index in [1.165, 1.54) is 11.0 Å². The molecule has 0 radical (unpaired) electrons. The van der Waals surface area contributed by atoms with E-state index in [0.717, 1.165) is 0 Å². The first kappa shape index (κ1) is 9.94. The van der Waals surface area contributed by atoms with Crippen molar-refractivity contribution >= 4 is 5.82 Å². The number of aromatic nitrogens is 3. The van der Waals surface area contributed by atoms with Crippen molar-refractivity contribution < 1.29 is 9.47 Å².